The summed E-state index contributed by atoms with van der Waals surface area (Å²) in [5, 5.41) is 21.2. The van der Waals surface area contributed by atoms with Gasteiger partial charge in [-0.3, -0.25) is 0 Å². The molecule has 0 aliphatic heterocycles. The maximum Gasteiger partial charge on any atom is 0.250 e. The third-order valence-electron chi connectivity index (χ3n) is 4.90. The van der Waals surface area contributed by atoms with Crippen LogP contribution in [0.3, 0.4) is 0 Å². The minimum atomic E-state index is -3.98. The van der Waals surface area contributed by atoms with Crippen molar-refractivity contribution >= 4 is 43.9 Å². The number of aliphatic hydroxyl groups excluding tert-OH is 1. The molecule has 1 aromatic heterocycles. The molecule has 3 rings (SSSR count). The minimum absolute atomic E-state index is 0.125. The van der Waals surface area contributed by atoms with Gasteiger partial charge in [0.1, 0.15) is 6.07 Å². The van der Waals surface area contributed by atoms with Crippen molar-refractivity contribution in [3.63, 3.8) is 0 Å². The lowest BCUT2D eigenvalue weighted by atomic mass is 10.1. The summed E-state index contributed by atoms with van der Waals surface area (Å²) in [6.07, 6.45) is 0.994. The zero-order valence-corrected chi connectivity index (χ0v) is 19.3. The number of nitrogens with one attached hydrogen (secondary N) is 1. The molecular formula is C23H25N3O3S2. The summed E-state index contributed by atoms with van der Waals surface area (Å²) < 4.78 is 27.0. The van der Waals surface area contributed by atoms with E-state index in [4.69, 9.17) is 0 Å². The van der Waals surface area contributed by atoms with Gasteiger partial charge in [0, 0.05) is 36.1 Å². The highest BCUT2D eigenvalue weighted by Crippen LogP contribution is 2.32. The Bertz CT molecular complexity index is 1250. The molecule has 3 aromatic rings. The monoisotopic (exact) mass is 455 g/mol. The van der Waals surface area contributed by atoms with E-state index in [-0.39, 0.29) is 11.4 Å². The van der Waals surface area contributed by atoms with Gasteiger partial charge in [-0.05, 0) is 59.2 Å². The summed E-state index contributed by atoms with van der Waals surface area (Å²) in [6, 6.07) is 18.0. The van der Waals surface area contributed by atoms with Gasteiger partial charge in [-0.2, -0.15) is 5.26 Å². The van der Waals surface area contributed by atoms with Crippen LogP contribution in [0.15, 0.2) is 53.4 Å². The van der Waals surface area contributed by atoms with Gasteiger partial charge in [-0.1, -0.05) is 25.1 Å². The SMILES string of the molecule is CCC(O)CNS(=O)(=O)/C(C#N)=C/c1ccc(-c2ccc3cc(N(C)C)ccc3c2)s1. The predicted molar refractivity (Wildman–Crippen MR) is 128 cm³/mol. The number of anilines is 1. The zero-order valence-electron chi connectivity index (χ0n) is 17.7. The number of fused-ring (bicyclic) bond motifs is 1. The molecular weight excluding hydrogens is 430 g/mol. The van der Waals surface area contributed by atoms with Crippen LogP contribution in [0.5, 0.6) is 0 Å². The fourth-order valence-corrected chi connectivity index (χ4v) is 4.97. The molecule has 0 bridgehead atoms. The van der Waals surface area contributed by atoms with Crippen molar-refractivity contribution in [1.82, 2.24) is 4.72 Å². The van der Waals surface area contributed by atoms with E-state index in [0.717, 1.165) is 26.9 Å². The maximum absolute atomic E-state index is 12.4. The predicted octanol–water partition coefficient (Wildman–Crippen LogP) is 4.19. The highest BCUT2D eigenvalue weighted by atomic mass is 32.2. The molecule has 0 saturated carbocycles. The number of nitrogens with zero attached hydrogens (tertiary/aromatic N) is 2. The Balaban J connectivity index is 1.86. The summed E-state index contributed by atoms with van der Waals surface area (Å²) >= 11 is 1.41. The van der Waals surface area contributed by atoms with Crippen molar-refractivity contribution in [2.45, 2.75) is 19.4 Å². The van der Waals surface area contributed by atoms with Crippen molar-refractivity contribution < 1.29 is 13.5 Å². The second-order valence-electron chi connectivity index (χ2n) is 7.38. The van der Waals surface area contributed by atoms with Crippen LogP contribution < -0.4 is 9.62 Å². The number of hydrogen-bond donors (Lipinski definition) is 2. The van der Waals surface area contributed by atoms with Crippen LogP contribution in [-0.2, 0) is 10.0 Å². The fraction of sp³-hybridized carbons (Fsp3) is 0.261. The Morgan fingerprint density at radius 1 is 1.19 bits per heavy atom. The van der Waals surface area contributed by atoms with Crippen LogP contribution in [0.1, 0.15) is 18.2 Å². The van der Waals surface area contributed by atoms with E-state index in [9.17, 15) is 18.8 Å². The lowest BCUT2D eigenvalue weighted by Crippen LogP contribution is -2.32. The van der Waals surface area contributed by atoms with Crippen LogP contribution in [0.25, 0.3) is 27.3 Å². The van der Waals surface area contributed by atoms with Crippen LogP contribution in [0.4, 0.5) is 5.69 Å². The highest BCUT2D eigenvalue weighted by Gasteiger charge is 2.19. The molecule has 1 unspecified atom stereocenters. The second-order valence-corrected chi connectivity index (χ2v) is 10.2. The number of aliphatic hydroxyl groups is 1. The number of benzene rings is 2. The first-order chi connectivity index (χ1) is 14.7. The van der Waals surface area contributed by atoms with Gasteiger partial charge in [0.15, 0.2) is 4.91 Å². The van der Waals surface area contributed by atoms with E-state index >= 15 is 0 Å². The summed E-state index contributed by atoms with van der Waals surface area (Å²) in [7, 11) is 0.0362. The van der Waals surface area contributed by atoms with Gasteiger partial charge >= 0.3 is 0 Å². The van der Waals surface area contributed by atoms with Gasteiger partial charge in [0.2, 0.25) is 0 Å². The Hall–Kier alpha value is -2.70. The van der Waals surface area contributed by atoms with E-state index in [2.05, 4.69) is 40.0 Å². The molecule has 6 nitrogen and oxygen atoms in total. The Morgan fingerprint density at radius 2 is 1.90 bits per heavy atom. The van der Waals surface area contributed by atoms with E-state index in [1.165, 1.54) is 17.4 Å². The van der Waals surface area contributed by atoms with Crippen LogP contribution in [0, 0.1) is 11.3 Å². The van der Waals surface area contributed by atoms with E-state index in [1.807, 2.05) is 26.2 Å². The first kappa shape index (κ1) is 23.0. The maximum atomic E-state index is 12.4. The molecule has 0 aliphatic rings. The van der Waals surface area contributed by atoms with Gasteiger partial charge in [0.25, 0.3) is 10.0 Å². The first-order valence-electron chi connectivity index (χ1n) is 9.84. The van der Waals surface area contributed by atoms with E-state index in [1.54, 1.807) is 19.1 Å². The van der Waals surface area contributed by atoms with E-state index in [0.29, 0.717) is 11.3 Å². The molecule has 31 heavy (non-hydrogen) atoms. The molecule has 1 atom stereocenters. The summed E-state index contributed by atoms with van der Waals surface area (Å²) in [5.41, 5.74) is 2.16. The summed E-state index contributed by atoms with van der Waals surface area (Å²) in [5.74, 6) is 0. The minimum Gasteiger partial charge on any atom is -0.392 e. The van der Waals surface area contributed by atoms with Crippen molar-refractivity contribution in [3.8, 4) is 16.5 Å². The average molecular weight is 456 g/mol. The quantitative estimate of drug-likeness (QED) is 0.497. The third-order valence-corrected chi connectivity index (χ3v) is 7.32. The molecule has 0 saturated heterocycles. The Labute approximate surface area is 187 Å². The van der Waals surface area contributed by atoms with Crippen molar-refractivity contribution in [2.24, 2.45) is 0 Å². The third kappa shape index (κ3) is 5.51. The summed E-state index contributed by atoms with van der Waals surface area (Å²) in [6.45, 7) is 1.63. The van der Waals surface area contributed by atoms with Gasteiger partial charge in [-0.25, -0.2) is 13.1 Å². The number of rotatable bonds is 8. The highest BCUT2D eigenvalue weighted by molar-refractivity contribution is 7.93. The number of sulfonamides is 1. The Kier molecular flexibility index (Phi) is 7.13. The normalized spacial score (nSPS) is 13.2. The largest absolute Gasteiger partial charge is 0.392 e. The fourth-order valence-electron chi connectivity index (χ4n) is 2.98. The van der Waals surface area contributed by atoms with Gasteiger partial charge < -0.3 is 10.0 Å². The molecule has 2 N–H and O–H groups in total. The molecule has 1 heterocycles. The molecule has 0 aliphatic carbocycles. The van der Waals surface area contributed by atoms with Crippen LogP contribution >= 0.6 is 11.3 Å². The summed E-state index contributed by atoms with van der Waals surface area (Å²) in [4.78, 5) is 3.33. The average Bonchev–Trinajstić information content (AvgIpc) is 3.23. The standard InChI is InChI=1S/C23H25N3O3S2/c1-4-20(27)15-25-31(28,29)22(14-24)13-21-9-10-23(30-21)18-6-5-17-12-19(26(2)3)8-7-16(17)11-18/h5-13,20,25,27H,4,15H2,1-3H3/b22-13+. The zero-order chi connectivity index (χ0) is 22.6. The van der Waals surface area contributed by atoms with Gasteiger partial charge in [0.05, 0.1) is 6.10 Å². The van der Waals surface area contributed by atoms with Crippen molar-refractivity contribution in [3.05, 3.63) is 58.3 Å². The molecule has 162 valence electrons. The second kappa shape index (κ2) is 9.62. The van der Waals surface area contributed by atoms with Crippen LogP contribution in [0.2, 0.25) is 0 Å². The first-order valence-corrected chi connectivity index (χ1v) is 12.1. The molecule has 2 aromatic carbocycles. The molecule has 8 heteroatoms. The molecule has 0 amide bonds. The molecule has 0 radical (unpaired) electrons. The lowest BCUT2D eigenvalue weighted by molar-refractivity contribution is 0.174. The van der Waals surface area contributed by atoms with Crippen molar-refractivity contribution in [2.75, 3.05) is 25.5 Å². The molecule has 0 fully saturated rings. The number of thiophene rings is 1. The number of hydrogen-bond acceptors (Lipinski definition) is 6. The number of nitriles is 1. The van der Waals surface area contributed by atoms with Crippen molar-refractivity contribution in [1.29, 1.82) is 5.26 Å². The smallest absolute Gasteiger partial charge is 0.250 e. The number of allylic oxidation sites excluding steroid dienone is 1. The Morgan fingerprint density at radius 3 is 2.58 bits per heavy atom. The van der Waals surface area contributed by atoms with Gasteiger partial charge in [-0.15, -0.1) is 11.3 Å². The van der Waals surface area contributed by atoms with Crippen LogP contribution in [-0.4, -0.2) is 40.3 Å². The lowest BCUT2D eigenvalue weighted by Gasteiger charge is -2.13. The van der Waals surface area contributed by atoms with E-state index < -0.39 is 16.1 Å². The molecule has 0 spiro atoms. The topological polar surface area (TPSA) is 93.4 Å².